The van der Waals surface area contributed by atoms with Crippen molar-refractivity contribution in [2.75, 3.05) is 20.7 Å². The van der Waals surface area contributed by atoms with Crippen molar-refractivity contribution in [3.8, 4) is 0 Å². The maximum absolute atomic E-state index is 11.9. The molecule has 0 amide bonds. The molecular formula is C15H19NO2S. The van der Waals surface area contributed by atoms with Crippen molar-refractivity contribution >= 4 is 17.7 Å². The van der Waals surface area contributed by atoms with Crippen molar-refractivity contribution in [3.63, 3.8) is 0 Å². The van der Waals surface area contributed by atoms with E-state index in [4.69, 9.17) is 4.74 Å². The Bertz CT molecular complexity index is 452. The molecule has 0 radical (unpaired) electrons. The quantitative estimate of drug-likeness (QED) is 0.345. The summed E-state index contributed by atoms with van der Waals surface area (Å²) < 4.78 is 5.06. The first-order valence-electron chi connectivity index (χ1n) is 6.08. The average Bonchev–Trinajstić information content (AvgIpc) is 2.38. The van der Waals surface area contributed by atoms with E-state index in [0.717, 1.165) is 4.90 Å². The van der Waals surface area contributed by atoms with Crippen LogP contribution in [0.15, 0.2) is 58.5 Å². The molecule has 0 unspecified atom stereocenters. The molecule has 0 saturated heterocycles. The monoisotopic (exact) mass is 277 g/mol. The van der Waals surface area contributed by atoms with Crippen molar-refractivity contribution in [1.29, 1.82) is 0 Å². The first-order chi connectivity index (χ1) is 9.13. The van der Waals surface area contributed by atoms with Crippen LogP contribution in [0.2, 0.25) is 0 Å². The number of thioether (sulfide) groups is 1. The van der Waals surface area contributed by atoms with Crippen molar-refractivity contribution in [3.05, 3.63) is 53.6 Å². The molecule has 1 aromatic rings. The molecular weight excluding hydrogens is 258 g/mol. The van der Waals surface area contributed by atoms with Gasteiger partial charge in [-0.2, -0.15) is 0 Å². The van der Waals surface area contributed by atoms with Gasteiger partial charge in [0, 0.05) is 19.0 Å². The highest BCUT2D eigenvalue weighted by molar-refractivity contribution is 8.04. The van der Waals surface area contributed by atoms with Gasteiger partial charge in [0.2, 0.25) is 0 Å². The Kier molecular flexibility index (Phi) is 6.82. The first kappa shape index (κ1) is 15.4. The second kappa shape index (κ2) is 8.43. The summed E-state index contributed by atoms with van der Waals surface area (Å²) >= 11 is 1.41. The fourth-order valence-corrected chi connectivity index (χ4v) is 2.10. The second-order valence-corrected chi connectivity index (χ2v) is 5.09. The molecule has 0 fully saturated rings. The predicted octanol–water partition coefficient (Wildman–Crippen LogP) is 3.30. The van der Waals surface area contributed by atoms with E-state index >= 15 is 0 Å². The van der Waals surface area contributed by atoms with Crippen LogP contribution in [0, 0.1) is 0 Å². The first-order valence-corrected chi connectivity index (χ1v) is 6.90. The SMILES string of the molecule is CCOC(=O)/C(=C/C=C/N(C)C)Sc1ccccc1. The molecule has 0 aliphatic heterocycles. The van der Waals surface area contributed by atoms with Gasteiger partial charge in [0.25, 0.3) is 0 Å². The number of ether oxygens (including phenoxy) is 1. The highest BCUT2D eigenvalue weighted by Crippen LogP contribution is 2.27. The molecule has 1 aromatic carbocycles. The summed E-state index contributed by atoms with van der Waals surface area (Å²) in [7, 11) is 3.86. The molecule has 4 heteroatoms. The molecule has 3 nitrogen and oxygen atoms in total. The lowest BCUT2D eigenvalue weighted by Gasteiger charge is -2.06. The zero-order valence-corrected chi connectivity index (χ0v) is 12.3. The van der Waals surface area contributed by atoms with Gasteiger partial charge in [-0.1, -0.05) is 30.0 Å². The van der Waals surface area contributed by atoms with Crippen LogP contribution in [0.25, 0.3) is 0 Å². The number of hydrogen-bond acceptors (Lipinski definition) is 4. The van der Waals surface area contributed by atoms with E-state index in [1.807, 2.05) is 61.6 Å². The van der Waals surface area contributed by atoms with Crippen LogP contribution in [-0.4, -0.2) is 31.6 Å². The van der Waals surface area contributed by atoms with Gasteiger partial charge in [0.1, 0.15) is 0 Å². The molecule has 0 atom stereocenters. The smallest absolute Gasteiger partial charge is 0.344 e. The fraction of sp³-hybridized carbons (Fsp3) is 0.267. The third-order valence-electron chi connectivity index (χ3n) is 2.08. The third kappa shape index (κ3) is 6.15. The van der Waals surface area contributed by atoms with Crippen molar-refractivity contribution in [2.24, 2.45) is 0 Å². The van der Waals surface area contributed by atoms with E-state index in [9.17, 15) is 4.79 Å². The highest BCUT2D eigenvalue weighted by Gasteiger charge is 2.11. The second-order valence-electron chi connectivity index (χ2n) is 3.97. The van der Waals surface area contributed by atoms with Crippen LogP contribution in [0.3, 0.4) is 0 Å². The molecule has 0 aromatic heterocycles. The van der Waals surface area contributed by atoms with Crippen molar-refractivity contribution in [2.45, 2.75) is 11.8 Å². The van der Waals surface area contributed by atoms with Gasteiger partial charge in [-0.3, -0.25) is 0 Å². The Morgan fingerprint density at radius 3 is 2.58 bits per heavy atom. The van der Waals surface area contributed by atoms with E-state index in [-0.39, 0.29) is 5.97 Å². The van der Waals surface area contributed by atoms with Crippen LogP contribution in [0.1, 0.15) is 6.92 Å². The molecule has 0 heterocycles. The lowest BCUT2D eigenvalue weighted by Crippen LogP contribution is -2.05. The minimum absolute atomic E-state index is 0.292. The van der Waals surface area contributed by atoms with Gasteiger partial charge in [-0.05, 0) is 37.4 Å². The molecule has 19 heavy (non-hydrogen) atoms. The lowest BCUT2D eigenvalue weighted by atomic mass is 10.4. The number of nitrogens with zero attached hydrogens (tertiary/aromatic N) is 1. The Morgan fingerprint density at radius 1 is 1.32 bits per heavy atom. The molecule has 0 aliphatic carbocycles. The number of hydrogen-bond donors (Lipinski definition) is 0. The van der Waals surface area contributed by atoms with E-state index in [2.05, 4.69) is 0 Å². The van der Waals surface area contributed by atoms with Gasteiger partial charge in [-0.25, -0.2) is 4.79 Å². The summed E-state index contributed by atoms with van der Waals surface area (Å²) in [6.07, 6.45) is 5.49. The summed E-state index contributed by atoms with van der Waals surface area (Å²) in [5, 5.41) is 0. The Balaban J connectivity index is 2.83. The minimum atomic E-state index is -0.292. The molecule has 0 spiro atoms. The maximum atomic E-state index is 11.9. The number of carbonyl (C=O) groups is 1. The van der Waals surface area contributed by atoms with E-state index in [0.29, 0.717) is 11.5 Å². The normalized spacial score (nSPS) is 11.6. The summed E-state index contributed by atoms with van der Waals surface area (Å²) in [5.41, 5.74) is 0. The van der Waals surface area contributed by atoms with Gasteiger partial charge in [-0.15, -0.1) is 0 Å². The minimum Gasteiger partial charge on any atom is -0.462 e. The Labute approximate surface area is 118 Å². The van der Waals surface area contributed by atoms with Crippen molar-refractivity contribution in [1.82, 2.24) is 4.90 Å². The molecule has 0 saturated carbocycles. The zero-order valence-electron chi connectivity index (χ0n) is 11.5. The predicted molar refractivity (Wildman–Crippen MR) is 79.8 cm³/mol. The number of rotatable bonds is 6. The van der Waals surface area contributed by atoms with E-state index in [1.54, 1.807) is 13.0 Å². The van der Waals surface area contributed by atoms with Crippen LogP contribution >= 0.6 is 11.8 Å². The van der Waals surface area contributed by atoms with Gasteiger partial charge in [0.15, 0.2) is 0 Å². The van der Waals surface area contributed by atoms with Gasteiger partial charge in [0.05, 0.1) is 11.5 Å². The van der Waals surface area contributed by atoms with E-state index in [1.165, 1.54) is 11.8 Å². The summed E-state index contributed by atoms with van der Waals surface area (Å²) in [4.78, 5) is 15.4. The average molecular weight is 277 g/mol. The molecule has 0 bridgehead atoms. The van der Waals surface area contributed by atoms with Gasteiger partial charge >= 0.3 is 5.97 Å². The van der Waals surface area contributed by atoms with E-state index < -0.39 is 0 Å². The standard InChI is InChI=1S/C15H19NO2S/c1-4-18-15(17)14(11-8-12-16(2)3)19-13-9-6-5-7-10-13/h5-12H,4H2,1-3H3/b12-8+,14-11-. The Hall–Kier alpha value is -1.68. The number of benzene rings is 1. The lowest BCUT2D eigenvalue weighted by molar-refractivity contribution is -0.137. The molecule has 102 valence electrons. The van der Waals surface area contributed by atoms with Gasteiger partial charge < -0.3 is 9.64 Å². The highest BCUT2D eigenvalue weighted by atomic mass is 32.2. The largest absolute Gasteiger partial charge is 0.462 e. The zero-order chi connectivity index (χ0) is 14.1. The van der Waals surface area contributed by atoms with Crippen LogP contribution in [0.4, 0.5) is 0 Å². The molecule has 0 N–H and O–H groups in total. The summed E-state index contributed by atoms with van der Waals surface area (Å²) in [6, 6.07) is 9.77. The number of esters is 1. The maximum Gasteiger partial charge on any atom is 0.344 e. The topological polar surface area (TPSA) is 29.5 Å². The summed E-state index contributed by atoms with van der Waals surface area (Å²) in [5.74, 6) is -0.292. The molecule has 0 aliphatic rings. The van der Waals surface area contributed by atoms with Crippen LogP contribution in [-0.2, 0) is 9.53 Å². The summed E-state index contributed by atoms with van der Waals surface area (Å²) in [6.45, 7) is 2.18. The Morgan fingerprint density at radius 2 is 2.00 bits per heavy atom. The molecule has 1 rings (SSSR count). The number of carbonyl (C=O) groups excluding carboxylic acids is 1. The van der Waals surface area contributed by atoms with Crippen LogP contribution < -0.4 is 0 Å². The number of allylic oxidation sites excluding steroid dienone is 2. The van der Waals surface area contributed by atoms with Crippen molar-refractivity contribution < 1.29 is 9.53 Å². The van der Waals surface area contributed by atoms with Crippen LogP contribution in [0.5, 0.6) is 0 Å². The fourth-order valence-electron chi connectivity index (χ4n) is 1.26. The third-order valence-corrected chi connectivity index (χ3v) is 3.11.